The molecule has 0 aromatic heterocycles. The average molecular weight is 431 g/mol. The molecular weight excluding hydrogens is 400 g/mol. The first-order chi connectivity index (χ1) is 14.3. The lowest BCUT2D eigenvalue weighted by molar-refractivity contribution is -0.143. The molecule has 2 aromatic carbocycles. The minimum atomic E-state index is -0.563. The summed E-state index contributed by atoms with van der Waals surface area (Å²) in [5.41, 5.74) is 1.84. The number of hydrogen-bond acceptors (Lipinski definition) is 3. The predicted molar refractivity (Wildman–Crippen MR) is 121 cm³/mol. The molecule has 0 saturated carbocycles. The Labute approximate surface area is 184 Å². The van der Waals surface area contributed by atoms with E-state index in [4.69, 9.17) is 16.3 Å². The first-order valence-corrected chi connectivity index (χ1v) is 10.7. The molecule has 0 aliphatic rings. The Balaban J connectivity index is 2.16. The van der Waals surface area contributed by atoms with Gasteiger partial charge >= 0.3 is 0 Å². The van der Waals surface area contributed by atoms with Gasteiger partial charge in [0.05, 0.1) is 0 Å². The maximum atomic E-state index is 13.1. The van der Waals surface area contributed by atoms with E-state index in [-0.39, 0.29) is 18.4 Å². The molecule has 1 atom stereocenters. The summed E-state index contributed by atoms with van der Waals surface area (Å²) in [5, 5.41) is 3.60. The quantitative estimate of drug-likeness (QED) is 0.598. The van der Waals surface area contributed by atoms with Gasteiger partial charge in [-0.25, -0.2) is 0 Å². The van der Waals surface area contributed by atoms with Gasteiger partial charge in [0.1, 0.15) is 11.8 Å². The molecule has 0 spiro atoms. The second-order valence-corrected chi connectivity index (χ2v) is 8.18. The number of ether oxygens (including phenoxy) is 1. The number of halogens is 1. The van der Waals surface area contributed by atoms with Crippen LogP contribution in [0.4, 0.5) is 0 Å². The maximum absolute atomic E-state index is 13.1. The molecule has 2 aromatic rings. The van der Waals surface area contributed by atoms with E-state index in [0.29, 0.717) is 36.2 Å². The van der Waals surface area contributed by atoms with Crippen molar-refractivity contribution in [2.24, 2.45) is 5.92 Å². The SMILES string of the molecule is CC[C@H](C(=O)NCC(C)C)N(Cc1ccccc1)C(=O)COc1ccc(Cl)c(C)c1. The third-order valence-electron chi connectivity index (χ3n) is 4.76. The van der Waals surface area contributed by atoms with Crippen LogP contribution in [-0.2, 0) is 16.1 Å². The molecule has 6 heteroatoms. The highest BCUT2D eigenvalue weighted by molar-refractivity contribution is 6.31. The molecule has 0 aliphatic carbocycles. The smallest absolute Gasteiger partial charge is 0.261 e. The Bertz CT molecular complexity index is 840. The standard InChI is InChI=1S/C24H31ClN2O3/c1-5-22(24(29)26-14-17(2)3)27(15-19-9-7-6-8-10-19)23(28)16-30-20-11-12-21(25)18(4)13-20/h6-13,17,22H,5,14-16H2,1-4H3,(H,26,29)/t22-/m1/s1. The summed E-state index contributed by atoms with van der Waals surface area (Å²) in [7, 11) is 0. The van der Waals surface area contributed by atoms with E-state index in [2.05, 4.69) is 5.32 Å². The maximum Gasteiger partial charge on any atom is 0.261 e. The van der Waals surface area contributed by atoms with E-state index in [0.717, 1.165) is 11.1 Å². The van der Waals surface area contributed by atoms with Crippen LogP contribution in [0.1, 0.15) is 38.3 Å². The number of nitrogens with one attached hydrogen (secondary N) is 1. The summed E-state index contributed by atoms with van der Waals surface area (Å²) in [6.07, 6.45) is 0.516. The zero-order valence-corrected chi connectivity index (χ0v) is 18.9. The van der Waals surface area contributed by atoms with Crippen molar-refractivity contribution in [1.82, 2.24) is 10.2 Å². The minimum Gasteiger partial charge on any atom is -0.484 e. The largest absolute Gasteiger partial charge is 0.484 e. The minimum absolute atomic E-state index is 0.141. The monoisotopic (exact) mass is 430 g/mol. The summed E-state index contributed by atoms with van der Waals surface area (Å²) in [4.78, 5) is 27.5. The van der Waals surface area contributed by atoms with E-state index < -0.39 is 6.04 Å². The highest BCUT2D eigenvalue weighted by Gasteiger charge is 2.29. The van der Waals surface area contributed by atoms with Gasteiger partial charge in [0, 0.05) is 18.1 Å². The normalized spacial score (nSPS) is 11.8. The van der Waals surface area contributed by atoms with E-state index in [9.17, 15) is 9.59 Å². The number of aryl methyl sites for hydroxylation is 1. The van der Waals surface area contributed by atoms with Crippen molar-refractivity contribution in [3.05, 3.63) is 64.7 Å². The Morgan fingerprint density at radius 2 is 1.83 bits per heavy atom. The summed E-state index contributed by atoms with van der Waals surface area (Å²) in [6, 6.07) is 14.4. The first kappa shape index (κ1) is 23.7. The fraction of sp³-hybridized carbons (Fsp3) is 0.417. The van der Waals surface area contributed by atoms with Crippen molar-refractivity contribution < 1.29 is 14.3 Å². The zero-order chi connectivity index (χ0) is 22.1. The lowest BCUT2D eigenvalue weighted by Gasteiger charge is -2.30. The number of rotatable bonds is 10. The lowest BCUT2D eigenvalue weighted by Crippen LogP contribution is -2.50. The van der Waals surface area contributed by atoms with Gasteiger partial charge in [-0.2, -0.15) is 0 Å². The van der Waals surface area contributed by atoms with Crippen LogP contribution in [0.5, 0.6) is 5.75 Å². The van der Waals surface area contributed by atoms with Crippen LogP contribution in [-0.4, -0.2) is 35.9 Å². The summed E-state index contributed by atoms with van der Waals surface area (Å²) in [6.45, 7) is 8.63. The number of carbonyl (C=O) groups is 2. The van der Waals surface area contributed by atoms with Crippen molar-refractivity contribution in [1.29, 1.82) is 0 Å². The molecule has 0 fully saturated rings. The molecule has 2 rings (SSSR count). The summed E-state index contributed by atoms with van der Waals surface area (Å²) >= 11 is 6.06. The highest BCUT2D eigenvalue weighted by Crippen LogP contribution is 2.21. The van der Waals surface area contributed by atoms with Gasteiger partial charge in [-0.3, -0.25) is 9.59 Å². The molecule has 30 heavy (non-hydrogen) atoms. The highest BCUT2D eigenvalue weighted by atomic mass is 35.5. The Morgan fingerprint density at radius 1 is 1.13 bits per heavy atom. The van der Waals surface area contributed by atoms with Gasteiger partial charge in [-0.1, -0.05) is 62.7 Å². The third-order valence-corrected chi connectivity index (χ3v) is 5.18. The van der Waals surface area contributed by atoms with Gasteiger partial charge in [0.2, 0.25) is 5.91 Å². The second kappa shape index (κ2) is 11.6. The van der Waals surface area contributed by atoms with Crippen LogP contribution >= 0.6 is 11.6 Å². The zero-order valence-electron chi connectivity index (χ0n) is 18.2. The molecule has 5 nitrogen and oxygen atoms in total. The molecule has 2 amide bonds. The molecule has 0 radical (unpaired) electrons. The number of hydrogen-bond donors (Lipinski definition) is 1. The fourth-order valence-electron chi connectivity index (χ4n) is 3.06. The van der Waals surface area contributed by atoms with Gasteiger partial charge in [-0.05, 0) is 48.6 Å². The fourth-order valence-corrected chi connectivity index (χ4v) is 3.17. The van der Waals surface area contributed by atoms with Crippen LogP contribution in [0.2, 0.25) is 5.02 Å². The first-order valence-electron chi connectivity index (χ1n) is 10.3. The molecule has 0 saturated heterocycles. The van der Waals surface area contributed by atoms with Crippen LogP contribution in [0.15, 0.2) is 48.5 Å². The number of carbonyl (C=O) groups excluding carboxylic acids is 2. The molecule has 1 N–H and O–H groups in total. The van der Waals surface area contributed by atoms with Gasteiger partial charge in [0.15, 0.2) is 6.61 Å². The molecule has 162 valence electrons. The third kappa shape index (κ3) is 7.06. The van der Waals surface area contributed by atoms with Crippen LogP contribution in [0, 0.1) is 12.8 Å². The predicted octanol–water partition coefficient (Wildman–Crippen LogP) is 4.61. The number of amides is 2. The van der Waals surface area contributed by atoms with Crippen molar-refractivity contribution >= 4 is 23.4 Å². The summed E-state index contributed by atoms with van der Waals surface area (Å²) < 4.78 is 5.71. The molecular formula is C24H31ClN2O3. The molecule has 0 heterocycles. The molecule has 0 aliphatic heterocycles. The van der Waals surface area contributed by atoms with E-state index in [1.165, 1.54) is 0 Å². The molecule has 0 bridgehead atoms. The van der Waals surface area contributed by atoms with Crippen LogP contribution < -0.4 is 10.1 Å². The lowest BCUT2D eigenvalue weighted by atomic mass is 10.1. The van der Waals surface area contributed by atoms with Crippen LogP contribution in [0.3, 0.4) is 0 Å². The Hall–Kier alpha value is -2.53. The van der Waals surface area contributed by atoms with E-state index in [1.807, 2.05) is 58.0 Å². The Morgan fingerprint density at radius 3 is 2.43 bits per heavy atom. The van der Waals surface area contributed by atoms with Crippen LogP contribution in [0.25, 0.3) is 0 Å². The van der Waals surface area contributed by atoms with Crippen molar-refractivity contribution in [3.63, 3.8) is 0 Å². The topological polar surface area (TPSA) is 58.6 Å². The number of benzene rings is 2. The van der Waals surface area contributed by atoms with Crippen molar-refractivity contribution in [3.8, 4) is 5.75 Å². The van der Waals surface area contributed by atoms with Crippen molar-refractivity contribution in [2.75, 3.05) is 13.2 Å². The number of nitrogens with zero attached hydrogens (tertiary/aromatic N) is 1. The van der Waals surface area contributed by atoms with E-state index >= 15 is 0 Å². The average Bonchev–Trinajstić information content (AvgIpc) is 2.73. The van der Waals surface area contributed by atoms with Gasteiger partial charge < -0.3 is 15.0 Å². The van der Waals surface area contributed by atoms with E-state index in [1.54, 1.807) is 23.1 Å². The van der Waals surface area contributed by atoms with Crippen molar-refractivity contribution in [2.45, 2.75) is 46.7 Å². The Kier molecular flexibility index (Phi) is 9.18. The van der Waals surface area contributed by atoms with Gasteiger partial charge in [-0.15, -0.1) is 0 Å². The summed E-state index contributed by atoms with van der Waals surface area (Å²) in [5.74, 6) is 0.527. The second-order valence-electron chi connectivity index (χ2n) is 7.77. The van der Waals surface area contributed by atoms with Gasteiger partial charge in [0.25, 0.3) is 5.91 Å². The molecule has 0 unspecified atom stereocenters.